The molecule has 0 fully saturated rings. The monoisotopic (exact) mass is 406 g/mol. The first kappa shape index (κ1) is 19.4. The number of rotatable bonds is 6. The van der Waals surface area contributed by atoms with E-state index in [4.69, 9.17) is 27.6 Å². The molecular weight excluding hydrogens is 390 g/mol. The van der Waals surface area contributed by atoms with E-state index >= 15 is 0 Å². The van der Waals surface area contributed by atoms with Gasteiger partial charge >= 0.3 is 0 Å². The molecule has 0 unspecified atom stereocenters. The molecule has 0 aliphatic carbocycles. The Morgan fingerprint density at radius 2 is 1.96 bits per heavy atom. The molecule has 3 aromatic rings. The van der Waals surface area contributed by atoms with Gasteiger partial charge < -0.3 is 9.73 Å². The zero-order valence-electron chi connectivity index (χ0n) is 14.5. The van der Waals surface area contributed by atoms with Gasteiger partial charge in [0.25, 0.3) is 0 Å². The van der Waals surface area contributed by atoms with E-state index in [1.54, 1.807) is 36.5 Å². The number of aromatic nitrogens is 1. The van der Waals surface area contributed by atoms with Gasteiger partial charge in [0.2, 0.25) is 5.91 Å². The van der Waals surface area contributed by atoms with Crippen LogP contribution in [0.4, 0.5) is 4.39 Å². The van der Waals surface area contributed by atoms with E-state index in [0.29, 0.717) is 33.7 Å². The van der Waals surface area contributed by atoms with Crippen LogP contribution in [0.15, 0.2) is 53.1 Å². The van der Waals surface area contributed by atoms with E-state index in [0.717, 1.165) is 5.56 Å². The smallest absolute Gasteiger partial charge is 0.220 e. The van der Waals surface area contributed by atoms with Crippen LogP contribution < -0.4 is 5.32 Å². The summed E-state index contributed by atoms with van der Waals surface area (Å²) in [5.41, 5.74) is 1.52. The molecule has 0 saturated heterocycles. The standard InChI is InChI=1S/C20H17Cl2FN2O2/c1-12(13-2-5-15(23)6-3-13)25-19(26)8-9-20-24-11-18(27-20)16-7-4-14(21)10-17(16)22/h2-7,10-12H,8-9H2,1H3,(H,25,26)/t12-/m0/s1. The van der Waals surface area contributed by atoms with Crippen LogP contribution >= 0.6 is 23.2 Å². The van der Waals surface area contributed by atoms with Gasteiger partial charge in [0.05, 0.1) is 17.3 Å². The first-order chi connectivity index (χ1) is 12.9. The summed E-state index contributed by atoms with van der Waals surface area (Å²) in [6.45, 7) is 1.84. The van der Waals surface area contributed by atoms with E-state index in [1.807, 2.05) is 6.92 Å². The maximum absolute atomic E-state index is 13.0. The highest BCUT2D eigenvalue weighted by Gasteiger charge is 2.13. The Kier molecular flexibility index (Phi) is 6.14. The number of benzene rings is 2. The molecule has 1 aromatic heterocycles. The van der Waals surface area contributed by atoms with Gasteiger partial charge in [-0.25, -0.2) is 9.37 Å². The molecule has 0 radical (unpaired) electrons. The molecule has 2 aromatic carbocycles. The number of hydrogen-bond donors (Lipinski definition) is 1. The highest BCUT2D eigenvalue weighted by atomic mass is 35.5. The van der Waals surface area contributed by atoms with Crippen LogP contribution in [0.5, 0.6) is 0 Å². The summed E-state index contributed by atoms with van der Waals surface area (Å²) in [6, 6.07) is 10.9. The first-order valence-corrected chi connectivity index (χ1v) is 9.13. The lowest BCUT2D eigenvalue weighted by molar-refractivity contribution is -0.121. The quantitative estimate of drug-likeness (QED) is 0.579. The lowest BCUT2D eigenvalue weighted by Crippen LogP contribution is -2.26. The Hall–Kier alpha value is -2.37. The Bertz CT molecular complexity index is 941. The van der Waals surface area contributed by atoms with Crippen molar-refractivity contribution in [2.75, 3.05) is 0 Å². The van der Waals surface area contributed by atoms with Gasteiger partial charge in [-0.15, -0.1) is 0 Å². The van der Waals surface area contributed by atoms with Crippen LogP contribution in [0, 0.1) is 5.82 Å². The van der Waals surface area contributed by atoms with Gasteiger partial charge in [-0.3, -0.25) is 4.79 Å². The minimum atomic E-state index is -0.308. The largest absolute Gasteiger partial charge is 0.441 e. The summed E-state index contributed by atoms with van der Waals surface area (Å²) in [7, 11) is 0. The highest BCUT2D eigenvalue weighted by molar-refractivity contribution is 6.36. The maximum atomic E-state index is 13.0. The van der Waals surface area contributed by atoms with Crippen LogP contribution in [-0.4, -0.2) is 10.9 Å². The van der Waals surface area contributed by atoms with E-state index < -0.39 is 0 Å². The van der Waals surface area contributed by atoms with Crippen molar-refractivity contribution in [3.63, 3.8) is 0 Å². The predicted octanol–water partition coefficient (Wildman–Crippen LogP) is 5.60. The summed E-state index contributed by atoms with van der Waals surface area (Å²) in [5, 5.41) is 3.88. The Morgan fingerprint density at radius 3 is 2.67 bits per heavy atom. The number of nitrogens with one attached hydrogen (secondary N) is 1. The first-order valence-electron chi connectivity index (χ1n) is 8.37. The third-order valence-electron chi connectivity index (χ3n) is 4.06. The fraction of sp³-hybridized carbons (Fsp3) is 0.200. The van der Waals surface area contributed by atoms with Crippen LogP contribution in [0.3, 0.4) is 0 Å². The summed E-state index contributed by atoms with van der Waals surface area (Å²) in [4.78, 5) is 16.3. The average molecular weight is 407 g/mol. The van der Waals surface area contributed by atoms with Crippen molar-refractivity contribution in [1.82, 2.24) is 10.3 Å². The second-order valence-corrected chi connectivity index (χ2v) is 6.93. The van der Waals surface area contributed by atoms with Gasteiger partial charge in [-0.05, 0) is 42.8 Å². The SMILES string of the molecule is C[C@H](NC(=O)CCc1ncc(-c2ccc(Cl)cc2Cl)o1)c1ccc(F)cc1. The van der Waals surface area contributed by atoms with Crippen LogP contribution in [-0.2, 0) is 11.2 Å². The molecule has 1 N–H and O–H groups in total. The average Bonchev–Trinajstić information content (AvgIpc) is 3.09. The van der Waals surface area contributed by atoms with Crippen molar-refractivity contribution < 1.29 is 13.6 Å². The molecule has 4 nitrogen and oxygen atoms in total. The summed E-state index contributed by atoms with van der Waals surface area (Å²) in [6.07, 6.45) is 2.15. The fourth-order valence-electron chi connectivity index (χ4n) is 2.61. The van der Waals surface area contributed by atoms with E-state index in [1.165, 1.54) is 12.1 Å². The predicted molar refractivity (Wildman–Crippen MR) is 103 cm³/mol. The van der Waals surface area contributed by atoms with Crippen LogP contribution in [0.1, 0.15) is 30.8 Å². The molecule has 140 valence electrons. The van der Waals surface area contributed by atoms with Crippen LogP contribution in [0.2, 0.25) is 10.0 Å². The summed E-state index contributed by atoms with van der Waals surface area (Å²) >= 11 is 12.1. The number of carbonyl (C=O) groups excluding carboxylic acids is 1. The minimum Gasteiger partial charge on any atom is -0.441 e. The van der Waals surface area contributed by atoms with Crippen molar-refractivity contribution >= 4 is 29.1 Å². The van der Waals surface area contributed by atoms with Crippen molar-refractivity contribution in [1.29, 1.82) is 0 Å². The zero-order chi connectivity index (χ0) is 19.4. The van der Waals surface area contributed by atoms with Crippen molar-refractivity contribution in [2.24, 2.45) is 0 Å². The molecule has 3 rings (SSSR count). The fourth-order valence-corrected chi connectivity index (χ4v) is 3.11. The molecular formula is C20H17Cl2FN2O2. The summed E-state index contributed by atoms with van der Waals surface area (Å²) in [5.74, 6) is 0.515. The third-order valence-corrected chi connectivity index (χ3v) is 4.61. The minimum absolute atomic E-state index is 0.142. The molecule has 7 heteroatoms. The van der Waals surface area contributed by atoms with Crippen molar-refractivity contribution in [3.05, 3.63) is 76.0 Å². The lowest BCUT2D eigenvalue weighted by Gasteiger charge is -2.14. The second kappa shape index (κ2) is 8.55. The highest BCUT2D eigenvalue weighted by Crippen LogP contribution is 2.30. The number of hydrogen-bond acceptors (Lipinski definition) is 3. The normalized spacial score (nSPS) is 12.0. The van der Waals surface area contributed by atoms with Gasteiger partial charge in [0.15, 0.2) is 11.7 Å². The van der Waals surface area contributed by atoms with Crippen molar-refractivity contribution in [2.45, 2.75) is 25.8 Å². The molecule has 0 aliphatic heterocycles. The molecule has 1 heterocycles. The summed E-state index contributed by atoms with van der Waals surface area (Å²) < 4.78 is 18.7. The Morgan fingerprint density at radius 1 is 1.22 bits per heavy atom. The van der Waals surface area contributed by atoms with Gasteiger partial charge in [0, 0.05) is 23.4 Å². The topological polar surface area (TPSA) is 55.1 Å². The van der Waals surface area contributed by atoms with E-state index in [-0.39, 0.29) is 24.2 Å². The molecule has 27 heavy (non-hydrogen) atoms. The second-order valence-electron chi connectivity index (χ2n) is 6.08. The van der Waals surface area contributed by atoms with Crippen molar-refractivity contribution in [3.8, 4) is 11.3 Å². The molecule has 0 spiro atoms. The Labute approximate surface area is 166 Å². The molecule has 1 atom stereocenters. The maximum Gasteiger partial charge on any atom is 0.220 e. The van der Waals surface area contributed by atoms with Gasteiger partial charge in [-0.1, -0.05) is 35.3 Å². The number of carbonyl (C=O) groups is 1. The van der Waals surface area contributed by atoms with Crippen LogP contribution in [0.25, 0.3) is 11.3 Å². The number of amides is 1. The molecule has 0 bridgehead atoms. The van der Waals surface area contributed by atoms with E-state index in [2.05, 4.69) is 10.3 Å². The number of nitrogens with zero attached hydrogens (tertiary/aromatic N) is 1. The number of oxazole rings is 1. The van der Waals surface area contributed by atoms with E-state index in [9.17, 15) is 9.18 Å². The third kappa shape index (κ3) is 5.08. The molecule has 0 aliphatic rings. The lowest BCUT2D eigenvalue weighted by atomic mass is 10.1. The zero-order valence-corrected chi connectivity index (χ0v) is 16.0. The number of halogens is 3. The molecule has 1 amide bonds. The molecule has 0 saturated carbocycles. The Balaban J connectivity index is 1.56. The van der Waals surface area contributed by atoms with Gasteiger partial charge in [0.1, 0.15) is 5.82 Å². The van der Waals surface area contributed by atoms with Gasteiger partial charge in [-0.2, -0.15) is 0 Å². The number of aryl methyl sites for hydroxylation is 1.